The summed E-state index contributed by atoms with van der Waals surface area (Å²) in [6, 6.07) is 5.71. The van der Waals surface area contributed by atoms with E-state index in [1.54, 1.807) is 23.6 Å². The van der Waals surface area contributed by atoms with E-state index in [4.69, 9.17) is 23.2 Å². The standard InChI is InChI=1S/C22H18BrCl2F2N5O2S/c1-3-6-32-20(11(2)28-21(34)14-5-4-12(24)7-16(14)25)30-31-22(32)35-10-18(33)29-19-15(23)8-13(26)9-17(19)27/h3-5,7-9,11H,1,6,10H2,2H3,(H,28,34)(H,29,33). The van der Waals surface area contributed by atoms with Crippen LogP contribution in [0.3, 0.4) is 0 Å². The van der Waals surface area contributed by atoms with E-state index in [1.165, 1.54) is 12.1 Å². The second kappa shape index (κ2) is 12.0. The number of hydrogen-bond donors (Lipinski definition) is 2. The quantitative estimate of drug-likeness (QED) is 0.230. The van der Waals surface area contributed by atoms with Gasteiger partial charge in [-0.25, -0.2) is 8.78 Å². The first-order valence-electron chi connectivity index (χ1n) is 9.97. The van der Waals surface area contributed by atoms with Crippen LogP contribution in [0.15, 0.2) is 52.6 Å². The molecule has 0 radical (unpaired) electrons. The van der Waals surface area contributed by atoms with Crippen molar-refractivity contribution in [2.45, 2.75) is 24.7 Å². The predicted octanol–water partition coefficient (Wildman–Crippen LogP) is 6.03. The fourth-order valence-electron chi connectivity index (χ4n) is 3.01. The van der Waals surface area contributed by atoms with E-state index in [0.29, 0.717) is 28.6 Å². The van der Waals surface area contributed by atoms with E-state index in [9.17, 15) is 18.4 Å². The number of amides is 2. The Morgan fingerprint density at radius 2 is 2.00 bits per heavy atom. The van der Waals surface area contributed by atoms with Gasteiger partial charge >= 0.3 is 0 Å². The molecule has 2 aromatic carbocycles. The maximum absolute atomic E-state index is 14.0. The van der Waals surface area contributed by atoms with E-state index in [-0.39, 0.29) is 26.5 Å². The van der Waals surface area contributed by atoms with Crippen molar-refractivity contribution in [2.24, 2.45) is 0 Å². The van der Waals surface area contributed by atoms with E-state index < -0.39 is 29.5 Å². The minimum absolute atomic E-state index is 0.0795. The Morgan fingerprint density at radius 3 is 2.66 bits per heavy atom. The fraction of sp³-hybridized carbons (Fsp3) is 0.182. The summed E-state index contributed by atoms with van der Waals surface area (Å²) in [5.74, 6) is -2.33. The molecule has 0 fully saturated rings. The molecular weight excluding hydrogens is 587 g/mol. The molecule has 2 N–H and O–H groups in total. The summed E-state index contributed by atoms with van der Waals surface area (Å²) in [6.07, 6.45) is 1.62. The van der Waals surface area contributed by atoms with Crippen molar-refractivity contribution < 1.29 is 18.4 Å². The highest BCUT2D eigenvalue weighted by molar-refractivity contribution is 9.10. The molecule has 184 valence electrons. The predicted molar refractivity (Wildman–Crippen MR) is 136 cm³/mol. The van der Waals surface area contributed by atoms with Crippen LogP contribution in [0, 0.1) is 11.6 Å². The Bertz CT molecular complexity index is 1270. The minimum atomic E-state index is -0.905. The second-order valence-corrected chi connectivity index (χ2v) is 9.78. The number of rotatable bonds is 9. The highest BCUT2D eigenvalue weighted by Gasteiger charge is 2.22. The summed E-state index contributed by atoms with van der Waals surface area (Å²) >= 11 is 16.1. The Kier molecular flexibility index (Phi) is 9.28. The molecule has 0 aliphatic rings. The van der Waals surface area contributed by atoms with Gasteiger partial charge in [0, 0.05) is 22.1 Å². The molecule has 0 aliphatic heterocycles. The number of nitrogens with zero attached hydrogens (tertiary/aromatic N) is 3. The maximum Gasteiger partial charge on any atom is 0.253 e. The molecule has 0 bridgehead atoms. The lowest BCUT2D eigenvalue weighted by atomic mass is 10.2. The van der Waals surface area contributed by atoms with Crippen LogP contribution in [-0.2, 0) is 11.3 Å². The van der Waals surface area contributed by atoms with Crippen LogP contribution in [0.2, 0.25) is 10.0 Å². The van der Waals surface area contributed by atoms with Gasteiger partial charge in [-0.05, 0) is 47.1 Å². The number of carbonyl (C=O) groups is 2. The third kappa shape index (κ3) is 6.81. The van der Waals surface area contributed by atoms with E-state index in [2.05, 4.69) is 43.3 Å². The minimum Gasteiger partial charge on any atom is -0.342 e. The van der Waals surface area contributed by atoms with Crippen LogP contribution in [0.25, 0.3) is 0 Å². The van der Waals surface area contributed by atoms with Crippen LogP contribution in [0.4, 0.5) is 14.5 Å². The maximum atomic E-state index is 14.0. The van der Waals surface area contributed by atoms with E-state index >= 15 is 0 Å². The fourth-order valence-corrected chi connectivity index (χ4v) is 4.76. The van der Waals surface area contributed by atoms with E-state index in [0.717, 1.165) is 17.8 Å². The average molecular weight is 605 g/mol. The molecule has 0 saturated carbocycles. The number of allylic oxidation sites excluding steroid dienone is 1. The third-order valence-corrected chi connectivity index (χ3v) is 6.71. The molecule has 13 heteroatoms. The van der Waals surface area contributed by atoms with Crippen molar-refractivity contribution in [1.82, 2.24) is 20.1 Å². The second-order valence-electron chi connectivity index (χ2n) is 7.14. The molecular formula is C22H18BrCl2F2N5O2S. The Balaban J connectivity index is 1.70. The van der Waals surface area contributed by atoms with E-state index in [1.807, 2.05) is 0 Å². The molecule has 2 amide bonds. The highest BCUT2D eigenvalue weighted by Crippen LogP contribution is 2.28. The van der Waals surface area contributed by atoms with Gasteiger partial charge in [0.2, 0.25) is 5.91 Å². The molecule has 35 heavy (non-hydrogen) atoms. The molecule has 0 spiro atoms. The lowest BCUT2D eigenvalue weighted by Gasteiger charge is -2.16. The molecule has 7 nitrogen and oxygen atoms in total. The molecule has 0 aliphatic carbocycles. The molecule has 1 heterocycles. The number of anilines is 1. The van der Waals surface area contributed by atoms with Gasteiger partial charge in [-0.3, -0.25) is 9.59 Å². The van der Waals surface area contributed by atoms with Gasteiger partial charge in [0.15, 0.2) is 16.8 Å². The normalized spacial score (nSPS) is 11.7. The monoisotopic (exact) mass is 603 g/mol. The Hall–Kier alpha value is -2.47. The van der Waals surface area contributed by atoms with Crippen molar-refractivity contribution >= 4 is 68.4 Å². The smallest absolute Gasteiger partial charge is 0.253 e. The van der Waals surface area contributed by atoms with Gasteiger partial charge in [-0.15, -0.1) is 16.8 Å². The number of carbonyl (C=O) groups excluding carboxylic acids is 2. The molecule has 0 saturated heterocycles. The van der Waals surface area contributed by atoms with Crippen molar-refractivity contribution in [3.8, 4) is 0 Å². The van der Waals surface area contributed by atoms with Crippen LogP contribution in [-0.4, -0.2) is 32.3 Å². The third-order valence-electron chi connectivity index (χ3n) is 4.57. The van der Waals surface area contributed by atoms with Crippen molar-refractivity contribution in [1.29, 1.82) is 0 Å². The van der Waals surface area contributed by atoms with Crippen molar-refractivity contribution in [3.05, 3.63) is 80.5 Å². The van der Waals surface area contributed by atoms with Crippen LogP contribution >= 0.6 is 50.9 Å². The number of thioether (sulfide) groups is 1. The van der Waals surface area contributed by atoms with Gasteiger partial charge in [-0.2, -0.15) is 0 Å². The zero-order chi connectivity index (χ0) is 25.7. The Morgan fingerprint density at radius 1 is 1.26 bits per heavy atom. The number of halogens is 5. The van der Waals surface area contributed by atoms with Crippen LogP contribution < -0.4 is 10.6 Å². The van der Waals surface area contributed by atoms with Crippen molar-refractivity contribution in [3.63, 3.8) is 0 Å². The number of hydrogen-bond acceptors (Lipinski definition) is 5. The summed E-state index contributed by atoms with van der Waals surface area (Å²) in [7, 11) is 0. The van der Waals surface area contributed by atoms with Gasteiger partial charge in [0.05, 0.1) is 28.1 Å². The zero-order valence-electron chi connectivity index (χ0n) is 18.1. The summed E-state index contributed by atoms with van der Waals surface area (Å²) in [5, 5.41) is 14.5. The summed E-state index contributed by atoms with van der Waals surface area (Å²) < 4.78 is 29.0. The number of nitrogens with one attached hydrogen (secondary N) is 2. The largest absolute Gasteiger partial charge is 0.342 e. The molecule has 1 unspecified atom stereocenters. The first-order chi connectivity index (χ1) is 16.6. The van der Waals surface area contributed by atoms with Crippen molar-refractivity contribution in [2.75, 3.05) is 11.1 Å². The van der Waals surface area contributed by atoms with Crippen LogP contribution in [0.1, 0.15) is 29.1 Å². The van der Waals surface area contributed by atoms with Gasteiger partial charge in [0.1, 0.15) is 5.82 Å². The SMILES string of the molecule is C=CCn1c(SCC(=O)Nc2c(F)cc(F)cc2Br)nnc1C(C)NC(=O)c1ccc(Cl)cc1Cl. The lowest BCUT2D eigenvalue weighted by Crippen LogP contribution is -2.29. The first kappa shape index (κ1) is 27.1. The van der Waals surface area contributed by atoms with Gasteiger partial charge in [0.25, 0.3) is 5.91 Å². The summed E-state index contributed by atoms with van der Waals surface area (Å²) in [6.45, 7) is 5.76. The topological polar surface area (TPSA) is 88.9 Å². The average Bonchev–Trinajstić information content (AvgIpc) is 3.17. The molecule has 3 aromatic rings. The highest BCUT2D eigenvalue weighted by atomic mass is 79.9. The first-order valence-corrected chi connectivity index (χ1v) is 12.5. The molecule has 1 aromatic heterocycles. The summed E-state index contributed by atoms with van der Waals surface area (Å²) in [5.41, 5.74) is 0.0885. The molecule has 1 atom stereocenters. The zero-order valence-corrected chi connectivity index (χ0v) is 22.0. The summed E-state index contributed by atoms with van der Waals surface area (Å²) in [4.78, 5) is 25.0. The number of aromatic nitrogens is 3. The van der Waals surface area contributed by atoms with Gasteiger partial charge < -0.3 is 15.2 Å². The number of benzene rings is 2. The molecule has 3 rings (SSSR count). The lowest BCUT2D eigenvalue weighted by molar-refractivity contribution is -0.113. The van der Waals surface area contributed by atoms with Gasteiger partial charge in [-0.1, -0.05) is 41.0 Å². The Labute approximate surface area is 222 Å². The van der Waals surface area contributed by atoms with Crippen LogP contribution in [0.5, 0.6) is 0 Å².